The van der Waals surface area contributed by atoms with Gasteiger partial charge >= 0.3 is 0 Å². The van der Waals surface area contributed by atoms with Crippen LogP contribution in [0.5, 0.6) is 0 Å². The second kappa shape index (κ2) is 15.1. The van der Waals surface area contributed by atoms with Gasteiger partial charge in [0, 0.05) is 32.7 Å². The largest absolute Gasteiger partial charge is 0.456 e. The Kier molecular flexibility index (Phi) is 8.76. The van der Waals surface area contributed by atoms with Crippen LogP contribution in [0.25, 0.3) is 83.6 Å². The van der Waals surface area contributed by atoms with Crippen LogP contribution in [0, 0.1) is 0 Å². The van der Waals surface area contributed by atoms with Crippen LogP contribution in [0.15, 0.2) is 235 Å². The molecule has 0 amide bonds. The first-order chi connectivity index (χ1) is 31.2. The Morgan fingerprint density at radius 1 is 0.317 bits per heavy atom. The number of para-hydroxylation sites is 1. The molecule has 63 heavy (non-hydrogen) atoms. The van der Waals surface area contributed by atoms with Crippen molar-refractivity contribution in [2.75, 3.05) is 0 Å². The molecule has 0 unspecified atom stereocenters. The van der Waals surface area contributed by atoms with Gasteiger partial charge < -0.3 is 4.42 Å². The van der Waals surface area contributed by atoms with Crippen molar-refractivity contribution >= 4 is 72.6 Å². The van der Waals surface area contributed by atoms with E-state index in [1.165, 1.54) is 20.7 Å². The lowest BCUT2D eigenvalue weighted by atomic mass is 10.0. The molecule has 0 spiro atoms. The third kappa shape index (κ3) is 6.10. The highest BCUT2D eigenvalue weighted by molar-refractivity contribution is 7.20. The summed E-state index contributed by atoms with van der Waals surface area (Å²) in [6, 6.07) is 82.1. The van der Waals surface area contributed by atoms with Crippen LogP contribution < -0.4 is 20.7 Å². The van der Waals surface area contributed by atoms with Gasteiger partial charge in [-0.3, -0.25) is 4.57 Å². The molecule has 0 radical (unpaired) electrons. The number of benzene rings is 9. The van der Waals surface area contributed by atoms with Gasteiger partial charge in [-0.15, -0.1) is 0 Å². The van der Waals surface area contributed by atoms with E-state index in [2.05, 4.69) is 199 Å². The molecule has 0 aliphatic heterocycles. The molecule has 0 saturated heterocycles. The van der Waals surface area contributed by atoms with Crippen molar-refractivity contribution in [3.63, 3.8) is 0 Å². The van der Waals surface area contributed by atoms with Gasteiger partial charge in [0.15, 0.2) is 19.7 Å². The average Bonchev–Trinajstić information content (AvgIpc) is 3.89. The van der Waals surface area contributed by atoms with E-state index >= 15 is 0 Å². The predicted octanol–water partition coefficient (Wildman–Crippen LogP) is 11.2. The summed E-state index contributed by atoms with van der Waals surface area (Å²) in [6.07, 6.45) is 0. The highest BCUT2D eigenvalue weighted by Crippen LogP contribution is 2.38. The monoisotopic (exact) mass is 822 g/mol. The van der Waals surface area contributed by atoms with E-state index < -0.39 is 8.07 Å². The van der Waals surface area contributed by atoms with Crippen LogP contribution >= 0.6 is 0 Å². The van der Waals surface area contributed by atoms with E-state index in [1.54, 1.807) is 0 Å². The first kappa shape index (κ1) is 36.6. The van der Waals surface area contributed by atoms with Crippen molar-refractivity contribution in [2.45, 2.75) is 0 Å². The second-order valence-electron chi connectivity index (χ2n) is 16.0. The van der Waals surface area contributed by atoms with Gasteiger partial charge in [0.2, 0.25) is 5.95 Å². The molecule has 0 atom stereocenters. The van der Waals surface area contributed by atoms with E-state index in [0.717, 1.165) is 66.0 Å². The number of nitrogens with zero attached hydrogens (tertiary/aromatic N) is 4. The van der Waals surface area contributed by atoms with E-state index in [4.69, 9.17) is 19.4 Å². The molecule has 6 heteroatoms. The summed E-state index contributed by atoms with van der Waals surface area (Å²) in [4.78, 5) is 15.9. The summed E-state index contributed by atoms with van der Waals surface area (Å²) in [5.74, 6) is 1.74. The number of hydrogen-bond donors (Lipinski definition) is 0. The lowest BCUT2D eigenvalue weighted by Gasteiger charge is -2.34. The van der Waals surface area contributed by atoms with Gasteiger partial charge in [-0.2, -0.15) is 9.97 Å². The molecule has 12 aromatic rings. The van der Waals surface area contributed by atoms with Crippen LogP contribution in [0.3, 0.4) is 0 Å². The molecule has 5 nitrogen and oxygen atoms in total. The van der Waals surface area contributed by atoms with Gasteiger partial charge in [0.25, 0.3) is 0 Å². The SMILES string of the molecule is c1ccc(-c2cccc(-c3nc(-c4ccccc4)nc(-n4c5ccc([Si](c6ccccc6)(c6ccccc6)c6ccccc6)cc5c5cc6oc7ccccc7c6cc54)n3)c2)cc1. The Bertz CT molecular complexity index is 3510. The van der Waals surface area contributed by atoms with Gasteiger partial charge in [-0.1, -0.05) is 200 Å². The fourth-order valence-electron chi connectivity index (χ4n) is 9.53. The Balaban J connectivity index is 1.18. The molecule has 12 rings (SSSR count). The van der Waals surface area contributed by atoms with Crippen LogP contribution in [-0.2, 0) is 0 Å². The molecule has 0 saturated carbocycles. The lowest BCUT2D eigenvalue weighted by molar-refractivity contribution is 0.669. The predicted molar refractivity (Wildman–Crippen MR) is 261 cm³/mol. The summed E-state index contributed by atoms with van der Waals surface area (Å²) >= 11 is 0. The number of furan rings is 1. The standard InChI is InChI=1S/C57H38N4OSi/c1-6-19-39(20-7-1)41-23-18-24-42(35-41)56-58-55(40-21-8-2-9-22-40)59-57(60-56)61-51-34-33-46(36-48(51)49-38-54-50(37-52(49)61)47-31-16-17-32-53(47)62-54)63(43-25-10-3-11-26-43,44-27-12-4-13-28-44)45-29-14-5-15-30-45/h1-38H. The van der Waals surface area contributed by atoms with Crippen LogP contribution in [0.1, 0.15) is 0 Å². The van der Waals surface area contributed by atoms with E-state index in [1.807, 2.05) is 36.4 Å². The maximum Gasteiger partial charge on any atom is 0.238 e. The van der Waals surface area contributed by atoms with E-state index in [9.17, 15) is 0 Å². The Morgan fingerprint density at radius 3 is 1.49 bits per heavy atom. The number of aromatic nitrogens is 4. The molecule has 0 bridgehead atoms. The maximum atomic E-state index is 6.59. The molecule has 3 heterocycles. The zero-order valence-electron chi connectivity index (χ0n) is 34.1. The third-order valence-corrected chi connectivity index (χ3v) is 17.2. The fraction of sp³-hybridized carbons (Fsp3) is 0. The number of hydrogen-bond acceptors (Lipinski definition) is 4. The van der Waals surface area contributed by atoms with Gasteiger partial charge in [0.1, 0.15) is 11.2 Å². The maximum absolute atomic E-state index is 6.59. The van der Waals surface area contributed by atoms with E-state index in [-0.39, 0.29) is 0 Å². The highest BCUT2D eigenvalue weighted by Gasteiger charge is 2.41. The van der Waals surface area contributed by atoms with Gasteiger partial charge in [-0.05, 0) is 62.2 Å². The Morgan fingerprint density at radius 2 is 0.841 bits per heavy atom. The van der Waals surface area contributed by atoms with Crippen LogP contribution in [0.4, 0.5) is 0 Å². The van der Waals surface area contributed by atoms with Crippen molar-refractivity contribution in [2.24, 2.45) is 0 Å². The Labute approximate surface area is 365 Å². The molecule has 296 valence electrons. The molecule has 0 fully saturated rings. The lowest BCUT2D eigenvalue weighted by Crippen LogP contribution is -2.74. The van der Waals surface area contributed by atoms with Crippen molar-refractivity contribution in [3.05, 3.63) is 231 Å². The smallest absolute Gasteiger partial charge is 0.238 e. The third-order valence-electron chi connectivity index (χ3n) is 12.4. The second-order valence-corrected chi connectivity index (χ2v) is 19.8. The summed E-state index contributed by atoms with van der Waals surface area (Å²) in [6.45, 7) is 0. The summed E-state index contributed by atoms with van der Waals surface area (Å²) < 4.78 is 8.82. The fourth-order valence-corrected chi connectivity index (χ4v) is 14.3. The molecule has 3 aromatic heterocycles. The first-order valence-corrected chi connectivity index (χ1v) is 23.3. The van der Waals surface area contributed by atoms with E-state index in [0.29, 0.717) is 17.6 Å². The molecule has 0 aliphatic carbocycles. The normalized spacial score (nSPS) is 11.8. The minimum absolute atomic E-state index is 0.543. The van der Waals surface area contributed by atoms with Gasteiger partial charge in [-0.25, -0.2) is 4.98 Å². The summed E-state index contributed by atoms with van der Waals surface area (Å²) in [5.41, 5.74) is 7.73. The number of fused-ring (bicyclic) bond motifs is 6. The molecule has 0 aliphatic rings. The van der Waals surface area contributed by atoms with Crippen LogP contribution in [0.2, 0.25) is 0 Å². The minimum atomic E-state index is -2.87. The molecular formula is C57H38N4OSi. The first-order valence-electron chi connectivity index (χ1n) is 21.3. The average molecular weight is 823 g/mol. The van der Waals surface area contributed by atoms with Crippen molar-refractivity contribution in [1.29, 1.82) is 0 Å². The summed E-state index contributed by atoms with van der Waals surface area (Å²) in [5, 5.41) is 9.49. The topological polar surface area (TPSA) is 56.7 Å². The highest BCUT2D eigenvalue weighted by atomic mass is 28.3. The van der Waals surface area contributed by atoms with Gasteiger partial charge in [0.05, 0.1) is 11.0 Å². The number of rotatable bonds is 8. The van der Waals surface area contributed by atoms with Crippen LogP contribution in [-0.4, -0.2) is 27.6 Å². The zero-order valence-corrected chi connectivity index (χ0v) is 35.1. The Hall–Kier alpha value is -8.19. The van der Waals surface area contributed by atoms with Crippen molar-refractivity contribution < 1.29 is 4.42 Å². The molecular weight excluding hydrogens is 785 g/mol. The van der Waals surface area contributed by atoms with Crippen molar-refractivity contribution in [3.8, 4) is 39.9 Å². The van der Waals surface area contributed by atoms with Crippen molar-refractivity contribution in [1.82, 2.24) is 19.5 Å². The molecule has 9 aromatic carbocycles. The summed E-state index contributed by atoms with van der Waals surface area (Å²) in [7, 11) is -2.87. The minimum Gasteiger partial charge on any atom is -0.456 e. The molecule has 0 N–H and O–H groups in total. The zero-order chi connectivity index (χ0) is 41.7. The quantitative estimate of drug-likeness (QED) is 0.113.